The summed E-state index contributed by atoms with van der Waals surface area (Å²) in [7, 11) is 1.78. The number of allylic oxidation sites excluding steroid dienone is 2. The van der Waals surface area contributed by atoms with Gasteiger partial charge in [0.15, 0.2) is 0 Å². The molecule has 3 aliphatic rings. The number of benzene rings is 1. The highest BCUT2D eigenvalue weighted by molar-refractivity contribution is 5.59. The average Bonchev–Trinajstić information content (AvgIpc) is 2.80. The number of nitrogens with one attached hydrogen (secondary N) is 2. The Morgan fingerprint density at radius 1 is 1.06 bits per heavy atom. The van der Waals surface area contributed by atoms with Crippen molar-refractivity contribution in [3.05, 3.63) is 60.0 Å². The number of nitrogens with zero attached hydrogens (tertiary/aromatic N) is 5. The van der Waals surface area contributed by atoms with E-state index in [-0.39, 0.29) is 11.7 Å². The number of piperazine rings is 1. The molecule has 2 saturated heterocycles. The first kappa shape index (κ1) is 20.7. The minimum atomic E-state index is -0.00978. The Labute approximate surface area is 187 Å². The number of hydrogen-bond acceptors (Lipinski definition) is 9. The minimum absolute atomic E-state index is 0.00978. The van der Waals surface area contributed by atoms with Gasteiger partial charge in [-0.05, 0) is 42.8 Å². The van der Waals surface area contributed by atoms with Crippen LogP contribution in [-0.4, -0.2) is 77.4 Å². The Kier molecular flexibility index (Phi) is 5.91. The number of rotatable bonds is 6. The summed E-state index contributed by atoms with van der Waals surface area (Å²) in [6, 6.07) is 9.02. The maximum absolute atomic E-state index is 9.90. The molecule has 168 valence electrons. The van der Waals surface area contributed by atoms with E-state index in [9.17, 15) is 5.11 Å². The molecule has 3 N–H and O–H groups in total. The Morgan fingerprint density at radius 2 is 1.84 bits per heavy atom. The molecule has 1 aliphatic carbocycles. The normalized spacial score (nSPS) is 22.0. The topological polar surface area (TPSA) is 98.7 Å². The van der Waals surface area contributed by atoms with Gasteiger partial charge in [-0.1, -0.05) is 0 Å². The lowest BCUT2D eigenvalue weighted by Crippen LogP contribution is -2.56. The van der Waals surface area contributed by atoms with Crippen molar-refractivity contribution in [1.29, 1.82) is 0 Å². The average molecular weight is 436 g/mol. The largest absolute Gasteiger partial charge is 0.506 e. The fourth-order valence-corrected chi connectivity index (χ4v) is 4.31. The number of ether oxygens (including phenoxy) is 1. The lowest BCUT2D eigenvalue weighted by Gasteiger charge is -2.43. The molecule has 1 atom stereocenters. The van der Waals surface area contributed by atoms with Gasteiger partial charge in [0.25, 0.3) is 0 Å². The number of aliphatic hydroxyl groups excluding tert-OH is 1. The fourth-order valence-electron chi connectivity index (χ4n) is 4.31. The fraction of sp³-hybridized carbons (Fsp3) is 0.435. The summed E-state index contributed by atoms with van der Waals surface area (Å²) in [6.45, 7) is 6.00. The molecule has 1 aromatic carbocycles. The molecule has 3 heterocycles. The van der Waals surface area contributed by atoms with Crippen LogP contribution < -0.4 is 15.5 Å². The summed E-state index contributed by atoms with van der Waals surface area (Å²) in [5, 5.41) is 16.2. The first-order chi connectivity index (χ1) is 15.7. The summed E-state index contributed by atoms with van der Waals surface area (Å²) in [5.74, 6) is 1.43. The van der Waals surface area contributed by atoms with Gasteiger partial charge < -0.3 is 25.4 Å². The zero-order valence-electron chi connectivity index (χ0n) is 18.2. The van der Waals surface area contributed by atoms with Crippen LogP contribution in [0.15, 0.2) is 54.2 Å². The summed E-state index contributed by atoms with van der Waals surface area (Å²) in [6.07, 6.45) is 5.90. The van der Waals surface area contributed by atoms with Crippen LogP contribution in [0.2, 0.25) is 0 Å². The van der Waals surface area contributed by atoms with Crippen LogP contribution in [0.25, 0.3) is 0 Å². The van der Waals surface area contributed by atoms with Gasteiger partial charge in [0.1, 0.15) is 17.9 Å². The maximum atomic E-state index is 9.90. The van der Waals surface area contributed by atoms with Crippen molar-refractivity contribution >= 4 is 17.3 Å². The molecule has 9 nitrogen and oxygen atoms in total. The van der Waals surface area contributed by atoms with Crippen LogP contribution in [0, 0.1) is 0 Å². The van der Waals surface area contributed by atoms with E-state index in [1.165, 1.54) is 12.0 Å². The monoisotopic (exact) mass is 435 g/mol. The molecule has 0 saturated carbocycles. The highest BCUT2D eigenvalue weighted by atomic mass is 16.5. The van der Waals surface area contributed by atoms with E-state index in [0.717, 1.165) is 45.1 Å². The second kappa shape index (κ2) is 9.13. The number of aliphatic hydroxyl groups is 1. The summed E-state index contributed by atoms with van der Waals surface area (Å²) < 4.78 is 5.32. The molecule has 32 heavy (non-hydrogen) atoms. The van der Waals surface area contributed by atoms with Crippen molar-refractivity contribution in [1.82, 2.24) is 25.2 Å². The van der Waals surface area contributed by atoms with Gasteiger partial charge in [-0.3, -0.25) is 4.90 Å². The molecule has 9 heteroatoms. The number of likely N-dealkylation sites (N-methyl/N-ethyl adjacent to an activating group) is 1. The summed E-state index contributed by atoms with van der Waals surface area (Å²) in [4.78, 5) is 18.2. The first-order valence-electron chi connectivity index (χ1n) is 11.1. The van der Waals surface area contributed by atoms with Gasteiger partial charge in [0, 0.05) is 50.5 Å². The Bertz CT molecular complexity index is 996. The van der Waals surface area contributed by atoms with Crippen LogP contribution in [0.1, 0.15) is 18.2 Å². The van der Waals surface area contributed by atoms with Crippen molar-refractivity contribution < 1.29 is 9.84 Å². The van der Waals surface area contributed by atoms with E-state index in [1.54, 1.807) is 13.1 Å². The molecule has 0 bridgehead atoms. The molecule has 0 spiro atoms. The zero-order chi connectivity index (χ0) is 21.9. The van der Waals surface area contributed by atoms with Crippen LogP contribution in [-0.2, 0) is 4.74 Å². The first-order valence-corrected chi connectivity index (χ1v) is 11.1. The van der Waals surface area contributed by atoms with Crippen LogP contribution >= 0.6 is 0 Å². The van der Waals surface area contributed by atoms with E-state index < -0.39 is 0 Å². The van der Waals surface area contributed by atoms with Crippen molar-refractivity contribution in [2.45, 2.75) is 18.4 Å². The second-order valence-corrected chi connectivity index (χ2v) is 8.32. The lowest BCUT2D eigenvalue weighted by molar-refractivity contribution is -0.0660. The predicted molar refractivity (Wildman–Crippen MR) is 123 cm³/mol. The van der Waals surface area contributed by atoms with Gasteiger partial charge in [-0.2, -0.15) is 4.98 Å². The molecule has 2 fully saturated rings. The Balaban J connectivity index is 1.21. The Hall–Kier alpha value is -3.17. The van der Waals surface area contributed by atoms with Gasteiger partial charge in [-0.25, -0.2) is 9.97 Å². The van der Waals surface area contributed by atoms with Crippen molar-refractivity contribution in [3.8, 4) is 0 Å². The van der Waals surface area contributed by atoms with Gasteiger partial charge in [0.2, 0.25) is 5.95 Å². The van der Waals surface area contributed by atoms with Crippen LogP contribution in [0.3, 0.4) is 0 Å². The van der Waals surface area contributed by atoms with Crippen molar-refractivity contribution in [3.63, 3.8) is 0 Å². The molecule has 1 aromatic heterocycles. The molecule has 2 aliphatic heterocycles. The quantitative estimate of drug-likeness (QED) is 0.630. The number of hydrogen-bond donors (Lipinski definition) is 3. The third-order valence-electron chi connectivity index (χ3n) is 6.34. The number of anilines is 3. The van der Waals surface area contributed by atoms with E-state index in [0.29, 0.717) is 29.9 Å². The lowest BCUT2D eigenvalue weighted by atomic mass is 9.97. The van der Waals surface area contributed by atoms with E-state index in [1.807, 2.05) is 6.08 Å². The zero-order valence-corrected chi connectivity index (χ0v) is 18.2. The Morgan fingerprint density at radius 3 is 2.53 bits per heavy atom. The predicted octanol–water partition coefficient (Wildman–Crippen LogP) is 2.17. The van der Waals surface area contributed by atoms with E-state index >= 15 is 0 Å². The third kappa shape index (κ3) is 4.39. The molecule has 0 radical (unpaired) electrons. The van der Waals surface area contributed by atoms with E-state index in [2.05, 4.69) is 59.7 Å². The molecule has 0 amide bonds. The van der Waals surface area contributed by atoms with Gasteiger partial charge in [-0.15, -0.1) is 0 Å². The minimum Gasteiger partial charge on any atom is -0.506 e. The highest BCUT2D eigenvalue weighted by Gasteiger charge is 2.28. The molecular formula is C23H29N7O2. The smallest absolute Gasteiger partial charge is 0.230 e. The second-order valence-electron chi connectivity index (χ2n) is 8.32. The van der Waals surface area contributed by atoms with Crippen LogP contribution in [0.4, 0.5) is 17.3 Å². The molecule has 1 unspecified atom stereocenters. The van der Waals surface area contributed by atoms with Gasteiger partial charge >= 0.3 is 0 Å². The van der Waals surface area contributed by atoms with Crippen molar-refractivity contribution in [2.75, 3.05) is 56.7 Å². The highest BCUT2D eigenvalue weighted by Crippen LogP contribution is 2.27. The van der Waals surface area contributed by atoms with Crippen LogP contribution in [0.5, 0.6) is 0 Å². The van der Waals surface area contributed by atoms with E-state index in [4.69, 9.17) is 4.74 Å². The third-order valence-corrected chi connectivity index (χ3v) is 6.34. The van der Waals surface area contributed by atoms with Crippen molar-refractivity contribution in [2.24, 2.45) is 0 Å². The molecule has 5 rings (SSSR count). The summed E-state index contributed by atoms with van der Waals surface area (Å²) >= 11 is 0. The standard InChI is InChI=1S/C23H29N7O2/c1-24-20-12-16(2-7-21(20)31)22-25-15-26-23(28-22)27-17-3-5-18(6-4-17)29-8-10-30(11-9-29)19-13-32-14-19/h3-7,12,15-16,19,24,31H,2,8-11,13-14H2,1H3,(H,25,26,27,28). The summed E-state index contributed by atoms with van der Waals surface area (Å²) in [5.41, 5.74) is 2.85. The molecule has 2 aromatic rings. The maximum Gasteiger partial charge on any atom is 0.230 e. The van der Waals surface area contributed by atoms with Gasteiger partial charge in [0.05, 0.1) is 25.0 Å². The number of aromatic nitrogens is 3. The SMILES string of the molecule is CNC1=CC(c2ncnc(Nc3ccc(N4CCN(C5COC5)CC4)cc3)n2)CC=C1O. The molecular weight excluding hydrogens is 406 g/mol.